The lowest BCUT2D eigenvalue weighted by atomic mass is 10.0. The van der Waals surface area contributed by atoms with Gasteiger partial charge in [0.1, 0.15) is 12.2 Å². The van der Waals surface area contributed by atoms with E-state index in [1.54, 1.807) is 0 Å². The van der Waals surface area contributed by atoms with Gasteiger partial charge in [-0.1, -0.05) is 19.8 Å². The van der Waals surface area contributed by atoms with Crippen LogP contribution in [0.15, 0.2) is 0 Å². The Morgan fingerprint density at radius 2 is 2.27 bits per heavy atom. The SMILES string of the molecule is CCCC[C@@H]1OC[C@H](OC(C)=O)[C@@H]2O[C@@H]21. The van der Waals surface area contributed by atoms with Gasteiger partial charge in [0.05, 0.1) is 12.7 Å². The number of ether oxygens (including phenoxy) is 3. The zero-order valence-corrected chi connectivity index (χ0v) is 9.27. The van der Waals surface area contributed by atoms with Crippen LogP contribution in [-0.2, 0) is 19.0 Å². The Hall–Kier alpha value is -0.610. The van der Waals surface area contributed by atoms with Crippen LogP contribution in [0, 0.1) is 0 Å². The Bertz CT molecular complexity index is 241. The van der Waals surface area contributed by atoms with Gasteiger partial charge >= 0.3 is 5.97 Å². The Labute approximate surface area is 89.9 Å². The first-order valence-electron chi connectivity index (χ1n) is 5.66. The summed E-state index contributed by atoms with van der Waals surface area (Å²) in [5.74, 6) is -0.259. The van der Waals surface area contributed by atoms with Gasteiger partial charge in [0.25, 0.3) is 0 Å². The van der Waals surface area contributed by atoms with Crippen molar-refractivity contribution in [3.8, 4) is 0 Å². The summed E-state index contributed by atoms with van der Waals surface area (Å²) in [4.78, 5) is 10.8. The number of esters is 1. The number of fused-ring (bicyclic) bond motifs is 1. The number of carbonyl (C=O) groups is 1. The number of hydrogen-bond donors (Lipinski definition) is 0. The van der Waals surface area contributed by atoms with E-state index in [-0.39, 0.29) is 30.4 Å². The minimum absolute atomic E-state index is 0.0875. The van der Waals surface area contributed by atoms with Gasteiger partial charge in [0, 0.05) is 6.92 Å². The number of carbonyl (C=O) groups excluding carboxylic acids is 1. The van der Waals surface area contributed by atoms with Gasteiger partial charge < -0.3 is 14.2 Å². The zero-order chi connectivity index (χ0) is 10.8. The molecule has 2 aliphatic rings. The molecule has 86 valence electrons. The Balaban J connectivity index is 1.78. The van der Waals surface area contributed by atoms with E-state index in [9.17, 15) is 4.79 Å². The van der Waals surface area contributed by atoms with Crippen LogP contribution >= 0.6 is 0 Å². The predicted molar refractivity (Wildman–Crippen MR) is 53.5 cm³/mol. The van der Waals surface area contributed by atoms with E-state index in [2.05, 4.69) is 6.92 Å². The molecule has 0 aliphatic carbocycles. The molecule has 4 atom stereocenters. The third-order valence-corrected chi connectivity index (χ3v) is 2.93. The summed E-state index contributed by atoms with van der Waals surface area (Å²) in [6, 6.07) is 0. The highest BCUT2D eigenvalue weighted by Gasteiger charge is 2.54. The first kappa shape index (κ1) is 10.9. The molecule has 0 amide bonds. The summed E-state index contributed by atoms with van der Waals surface area (Å²) in [6.45, 7) is 4.06. The second-order valence-electron chi connectivity index (χ2n) is 4.23. The smallest absolute Gasteiger partial charge is 0.303 e. The van der Waals surface area contributed by atoms with Gasteiger partial charge in [-0.25, -0.2) is 0 Å². The molecule has 0 unspecified atom stereocenters. The van der Waals surface area contributed by atoms with Gasteiger partial charge in [-0.2, -0.15) is 0 Å². The average Bonchev–Trinajstić information content (AvgIpc) is 2.96. The van der Waals surface area contributed by atoms with Gasteiger partial charge in [-0.3, -0.25) is 4.79 Å². The van der Waals surface area contributed by atoms with Crippen molar-refractivity contribution < 1.29 is 19.0 Å². The number of hydrogen-bond acceptors (Lipinski definition) is 4. The van der Waals surface area contributed by atoms with Crippen molar-refractivity contribution in [2.75, 3.05) is 6.61 Å². The van der Waals surface area contributed by atoms with Gasteiger partial charge in [0.2, 0.25) is 0 Å². The first-order chi connectivity index (χ1) is 7.22. The van der Waals surface area contributed by atoms with Crippen molar-refractivity contribution in [3.05, 3.63) is 0 Å². The maximum absolute atomic E-state index is 10.8. The second kappa shape index (κ2) is 4.49. The topological polar surface area (TPSA) is 48.1 Å². The van der Waals surface area contributed by atoms with E-state index in [0.717, 1.165) is 12.8 Å². The summed E-state index contributed by atoms with van der Waals surface area (Å²) in [5, 5.41) is 0. The molecule has 2 fully saturated rings. The van der Waals surface area contributed by atoms with Crippen LogP contribution in [0.4, 0.5) is 0 Å². The van der Waals surface area contributed by atoms with Crippen LogP contribution in [0.5, 0.6) is 0 Å². The monoisotopic (exact) mass is 214 g/mol. The Morgan fingerprint density at radius 1 is 1.47 bits per heavy atom. The average molecular weight is 214 g/mol. The van der Waals surface area contributed by atoms with Gasteiger partial charge in [0.15, 0.2) is 6.10 Å². The van der Waals surface area contributed by atoms with E-state index in [1.807, 2.05) is 0 Å². The summed E-state index contributed by atoms with van der Waals surface area (Å²) in [5.41, 5.74) is 0. The molecule has 0 N–H and O–H groups in total. The highest BCUT2D eigenvalue weighted by Crippen LogP contribution is 2.37. The van der Waals surface area contributed by atoms with E-state index < -0.39 is 0 Å². The van der Waals surface area contributed by atoms with E-state index in [4.69, 9.17) is 14.2 Å². The minimum atomic E-state index is -0.259. The molecule has 0 aromatic carbocycles. The molecule has 0 saturated carbocycles. The highest BCUT2D eigenvalue weighted by atomic mass is 16.7. The Morgan fingerprint density at radius 3 is 2.93 bits per heavy atom. The summed E-state index contributed by atoms with van der Waals surface area (Å²) in [6.07, 6.45) is 3.65. The molecule has 4 heteroatoms. The van der Waals surface area contributed by atoms with Crippen LogP contribution in [0.3, 0.4) is 0 Å². The lowest BCUT2D eigenvalue weighted by molar-refractivity contribution is -0.153. The molecular weight excluding hydrogens is 196 g/mol. The van der Waals surface area contributed by atoms with Crippen LogP contribution in [-0.4, -0.2) is 37.0 Å². The fraction of sp³-hybridized carbons (Fsp3) is 0.909. The molecule has 2 saturated heterocycles. The normalized spacial score (nSPS) is 38.3. The van der Waals surface area contributed by atoms with E-state index in [0.29, 0.717) is 6.61 Å². The zero-order valence-electron chi connectivity index (χ0n) is 9.27. The van der Waals surface area contributed by atoms with Crippen molar-refractivity contribution in [2.24, 2.45) is 0 Å². The lowest BCUT2D eigenvalue weighted by Crippen LogP contribution is -2.39. The molecule has 4 nitrogen and oxygen atoms in total. The van der Waals surface area contributed by atoms with Gasteiger partial charge in [-0.05, 0) is 6.42 Å². The molecule has 2 heterocycles. The standard InChI is InChI=1S/C11H18O4/c1-3-4-5-8-10-11(15-10)9(6-13-8)14-7(2)12/h8-11H,3-6H2,1-2H3/t8-,9-,10+,11-/m0/s1. The van der Waals surface area contributed by atoms with E-state index in [1.165, 1.54) is 13.3 Å². The van der Waals surface area contributed by atoms with Crippen LogP contribution in [0.2, 0.25) is 0 Å². The molecule has 0 spiro atoms. The minimum Gasteiger partial charge on any atom is -0.457 e. The summed E-state index contributed by atoms with van der Waals surface area (Å²) >= 11 is 0. The van der Waals surface area contributed by atoms with E-state index >= 15 is 0 Å². The Kier molecular flexibility index (Phi) is 3.26. The molecule has 15 heavy (non-hydrogen) atoms. The van der Waals surface area contributed by atoms with Crippen molar-refractivity contribution in [3.63, 3.8) is 0 Å². The molecule has 0 aromatic rings. The maximum Gasteiger partial charge on any atom is 0.303 e. The molecule has 2 aliphatic heterocycles. The number of epoxide rings is 1. The van der Waals surface area contributed by atoms with Crippen LogP contribution < -0.4 is 0 Å². The summed E-state index contributed by atoms with van der Waals surface area (Å²) in [7, 11) is 0. The summed E-state index contributed by atoms with van der Waals surface area (Å²) < 4.78 is 16.3. The van der Waals surface area contributed by atoms with Crippen molar-refractivity contribution in [1.82, 2.24) is 0 Å². The molecule has 2 rings (SSSR count). The largest absolute Gasteiger partial charge is 0.457 e. The van der Waals surface area contributed by atoms with Crippen LogP contribution in [0.1, 0.15) is 33.1 Å². The predicted octanol–water partition coefficient (Wildman–Crippen LogP) is 1.27. The first-order valence-corrected chi connectivity index (χ1v) is 5.66. The fourth-order valence-electron chi connectivity index (χ4n) is 2.11. The quantitative estimate of drug-likeness (QED) is 0.522. The number of unbranched alkanes of at least 4 members (excludes halogenated alkanes) is 1. The molecular formula is C11H18O4. The number of rotatable bonds is 4. The van der Waals surface area contributed by atoms with Crippen molar-refractivity contribution >= 4 is 5.97 Å². The fourth-order valence-corrected chi connectivity index (χ4v) is 2.11. The van der Waals surface area contributed by atoms with Gasteiger partial charge in [-0.15, -0.1) is 0 Å². The second-order valence-corrected chi connectivity index (χ2v) is 4.23. The molecule has 0 radical (unpaired) electrons. The molecule has 0 bridgehead atoms. The van der Waals surface area contributed by atoms with Crippen LogP contribution in [0.25, 0.3) is 0 Å². The van der Waals surface area contributed by atoms with Crippen molar-refractivity contribution in [1.29, 1.82) is 0 Å². The molecule has 0 aromatic heterocycles. The highest BCUT2D eigenvalue weighted by molar-refractivity contribution is 5.66. The van der Waals surface area contributed by atoms with Crippen molar-refractivity contribution in [2.45, 2.75) is 57.5 Å². The third-order valence-electron chi connectivity index (χ3n) is 2.93. The maximum atomic E-state index is 10.8. The third kappa shape index (κ3) is 2.49. The lowest BCUT2D eigenvalue weighted by Gasteiger charge is -2.24.